The number of ether oxygens (including phenoxy) is 1. The zero-order valence-electron chi connectivity index (χ0n) is 11.6. The normalized spacial score (nSPS) is 13.6. The van der Waals surface area contributed by atoms with Gasteiger partial charge in [0.15, 0.2) is 0 Å². The molecule has 1 aromatic carbocycles. The van der Waals surface area contributed by atoms with Crippen molar-refractivity contribution in [2.45, 2.75) is 19.3 Å². The number of methoxy groups -OCH3 is 1. The van der Waals surface area contributed by atoms with Crippen LogP contribution in [0.25, 0.3) is 0 Å². The second-order valence-corrected chi connectivity index (χ2v) is 6.36. The topological polar surface area (TPSA) is 38.7 Å². The molecule has 2 aromatic rings. The molecular weight excluding hydrogens is 306 g/mol. The van der Waals surface area contributed by atoms with Crippen LogP contribution in [-0.4, -0.2) is 19.3 Å². The average Bonchev–Trinajstić information content (AvgIpc) is 3.04. The zero-order chi connectivity index (χ0) is 14.8. The summed E-state index contributed by atoms with van der Waals surface area (Å²) in [7, 11) is 1.41. The van der Waals surface area contributed by atoms with Gasteiger partial charge in [-0.1, -0.05) is 23.7 Å². The number of rotatable bonds is 3. The van der Waals surface area contributed by atoms with Crippen molar-refractivity contribution in [1.82, 2.24) is 0 Å². The number of nitrogens with zero attached hydrogens (tertiary/aromatic N) is 1. The van der Waals surface area contributed by atoms with E-state index in [1.54, 1.807) is 17.6 Å². The summed E-state index contributed by atoms with van der Waals surface area (Å²) < 4.78 is 4.90. The van der Waals surface area contributed by atoms with E-state index in [4.69, 9.17) is 16.3 Å². The predicted molar refractivity (Wildman–Crippen MR) is 86.4 cm³/mol. The summed E-state index contributed by atoms with van der Waals surface area (Å²) in [5.74, 6) is -0.298. The van der Waals surface area contributed by atoms with Gasteiger partial charge in [-0.2, -0.15) is 0 Å². The molecule has 0 aliphatic heterocycles. The van der Waals surface area contributed by atoms with Crippen molar-refractivity contribution in [2.24, 2.45) is 4.99 Å². The Morgan fingerprint density at radius 3 is 3.05 bits per heavy atom. The van der Waals surface area contributed by atoms with E-state index in [1.807, 2.05) is 24.3 Å². The molecule has 0 unspecified atom stereocenters. The van der Waals surface area contributed by atoms with Gasteiger partial charge in [0.05, 0.1) is 12.7 Å². The second kappa shape index (κ2) is 6.00. The van der Waals surface area contributed by atoms with Crippen LogP contribution >= 0.6 is 22.9 Å². The molecule has 0 saturated heterocycles. The molecule has 3 rings (SSSR count). The molecule has 0 fully saturated rings. The van der Waals surface area contributed by atoms with Crippen LogP contribution in [0.5, 0.6) is 0 Å². The molecule has 1 aromatic heterocycles. The van der Waals surface area contributed by atoms with Gasteiger partial charge in [0, 0.05) is 16.1 Å². The molecular formula is C16H14ClNO2S. The standard InChI is InChI=1S/C16H14ClNO2S/c1-20-16(19)14-12-6-3-7-13(12)21-15(14)18-9-10-4-2-5-11(17)8-10/h2,4-5,8-9H,3,6-7H2,1H3. The van der Waals surface area contributed by atoms with E-state index in [9.17, 15) is 4.79 Å². The van der Waals surface area contributed by atoms with E-state index < -0.39 is 0 Å². The van der Waals surface area contributed by atoms with Gasteiger partial charge in [-0.15, -0.1) is 11.3 Å². The third-order valence-corrected chi connectivity index (χ3v) is 4.91. The van der Waals surface area contributed by atoms with Crippen molar-refractivity contribution < 1.29 is 9.53 Å². The van der Waals surface area contributed by atoms with Crippen LogP contribution in [0.15, 0.2) is 29.3 Å². The fourth-order valence-electron chi connectivity index (χ4n) is 2.51. The van der Waals surface area contributed by atoms with Crippen molar-refractivity contribution >= 4 is 40.1 Å². The maximum atomic E-state index is 12.0. The molecule has 0 radical (unpaired) electrons. The molecule has 0 spiro atoms. The second-order valence-electron chi connectivity index (χ2n) is 4.84. The van der Waals surface area contributed by atoms with Crippen LogP contribution in [0, 0.1) is 0 Å². The van der Waals surface area contributed by atoms with E-state index >= 15 is 0 Å². The quantitative estimate of drug-likeness (QED) is 0.620. The molecule has 0 amide bonds. The summed E-state index contributed by atoms with van der Waals surface area (Å²) in [4.78, 5) is 17.8. The van der Waals surface area contributed by atoms with Gasteiger partial charge >= 0.3 is 5.97 Å². The van der Waals surface area contributed by atoms with Gasteiger partial charge in [0.25, 0.3) is 0 Å². The molecule has 0 saturated carbocycles. The van der Waals surface area contributed by atoms with Gasteiger partial charge in [-0.05, 0) is 42.5 Å². The van der Waals surface area contributed by atoms with Crippen LogP contribution in [0.2, 0.25) is 5.02 Å². The monoisotopic (exact) mass is 319 g/mol. The Bertz CT molecular complexity index is 721. The minimum Gasteiger partial charge on any atom is -0.465 e. The van der Waals surface area contributed by atoms with Crippen LogP contribution < -0.4 is 0 Å². The van der Waals surface area contributed by atoms with Crippen LogP contribution in [0.1, 0.15) is 32.8 Å². The first-order chi connectivity index (χ1) is 10.2. The van der Waals surface area contributed by atoms with E-state index in [0.717, 1.165) is 35.4 Å². The molecule has 0 bridgehead atoms. The van der Waals surface area contributed by atoms with E-state index in [2.05, 4.69) is 4.99 Å². The average molecular weight is 320 g/mol. The number of halogens is 1. The molecule has 21 heavy (non-hydrogen) atoms. The highest BCUT2D eigenvalue weighted by molar-refractivity contribution is 7.16. The lowest BCUT2D eigenvalue weighted by atomic mass is 10.1. The highest BCUT2D eigenvalue weighted by Gasteiger charge is 2.26. The van der Waals surface area contributed by atoms with E-state index in [0.29, 0.717) is 10.6 Å². The van der Waals surface area contributed by atoms with Crippen LogP contribution in [0.3, 0.4) is 0 Å². The summed E-state index contributed by atoms with van der Waals surface area (Å²) in [5, 5.41) is 1.40. The van der Waals surface area contributed by atoms with E-state index in [1.165, 1.54) is 12.0 Å². The number of carbonyl (C=O) groups is 1. The molecule has 1 heterocycles. The van der Waals surface area contributed by atoms with Gasteiger partial charge in [0.2, 0.25) is 0 Å². The largest absolute Gasteiger partial charge is 0.465 e. The number of hydrogen-bond donors (Lipinski definition) is 0. The molecule has 108 valence electrons. The summed E-state index contributed by atoms with van der Waals surface area (Å²) in [6.07, 6.45) is 4.79. The fourth-order valence-corrected chi connectivity index (χ4v) is 3.93. The number of hydrogen-bond acceptors (Lipinski definition) is 4. The first-order valence-electron chi connectivity index (χ1n) is 6.71. The molecule has 0 N–H and O–H groups in total. The molecule has 5 heteroatoms. The summed E-state index contributed by atoms with van der Waals surface area (Å²) in [6.45, 7) is 0. The number of benzene rings is 1. The first-order valence-corrected chi connectivity index (χ1v) is 7.91. The first kappa shape index (κ1) is 14.3. The Balaban J connectivity index is 1.97. The molecule has 3 nitrogen and oxygen atoms in total. The lowest BCUT2D eigenvalue weighted by Gasteiger charge is -2.01. The zero-order valence-corrected chi connectivity index (χ0v) is 13.1. The highest BCUT2D eigenvalue weighted by Crippen LogP contribution is 2.41. The minimum atomic E-state index is -0.298. The maximum absolute atomic E-state index is 12.0. The Hall–Kier alpha value is -1.65. The van der Waals surface area contributed by atoms with E-state index in [-0.39, 0.29) is 5.97 Å². The predicted octanol–water partition coefficient (Wildman–Crippen LogP) is 4.43. The van der Waals surface area contributed by atoms with Gasteiger partial charge in [-0.25, -0.2) is 9.79 Å². The van der Waals surface area contributed by atoms with Crippen LogP contribution in [-0.2, 0) is 17.6 Å². The van der Waals surface area contributed by atoms with Gasteiger partial charge in [-0.3, -0.25) is 0 Å². The Morgan fingerprint density at radius 2 is 2.29 bits per heavy atom. The minimum absolute atomic E-state index is 0.298. The SMILES string of the molecule is COC(=O)c1c(N=Cc2cccc(Cl)c2)sc2c1CCC2. The molecule has 1 aliphatic rings. The lowest BCUT2D eigenvalue weighted by Crippen LogP contribution is -2.02. The van der Waals surface area contributed by atoms with Crippen molar-refractivity contribution in [3.8, 4) is 0 Å². The molecule has 0 atom stereocenters. The summed E-state index contributed by atoms with van der Waals surface area (Å²) in [6, 6.07) is 7.45. The van der Waals surface area contributed by atoms with Gasteiger partial charge < -0.3 is 4.74 Å². The van der Waals surface area contributed by atoms with Crippen molar-refractivity contribution in [1.29, 1.82) is 0 Å². The number of aliphatic imine (C=N–C) groups is 1. The Kier molecular flexibility index (Phi) is 4.08. The highest BCUT2D eigenvalue weighted by atomic mass is 35.5. The number of esters is 1. The fraction of sp³-hybridized carbons (Fsp3) is 0.250. The number of fused-ring (bicyclic) bond motifs is 1. The Labute approximate surface area is 132 Å². The Morgan fingerprint density at radius 1 is 1.43 bits per heavy atom. The third kappa shape index (κ3) is 2.87. The summed E-state index contributed by atoms with van der Waals surface area (Å²) >= 11 is 7.54. The number of aryl methyl sites for hydroxylation is 1. The third-order valence-electron chi connectivity index (χ3n) is 3.47. The van der Waals surface area contributed by atoms with Crippen molar-refractivity contribution in [3.63, 3.8) is 0 Å². The van der Waals surface area contributed by atoms with Crippen molar-refractivity contribution in [2.75, 3.05) is 7.11 Å². The lowest BCUT2D eigenvalue weighted by molar-refractivity contribution is 0.0601. The van der Waals surface area contributed by atoms with Crippen LogP contribution in [0.4, 0.5) is 5.00 Å². The smallest absolute Gasteiger partial charge is 0.341 e. The summed E-state index contributed by atoms with van der Waals surface area (Å²) in [5.41, 5.74) is 2.66. The number of thiophene rings is 1. The number of carbonyl (C=O) groups excluding carboxylic acids is 1. The van der Waals surface area contributed by atoms with Gasteiger partial charge in [0.1, 0.15) is 5.00 Å². The molecule has 1 aliphatic carbocycles. The maximum Gasteiger partial charge on any atom is 0.341 e. The van der Waals surface area contributed by atoms with Crippen molar-refractivity contribution in [3.05, 3.63) is 50.9 Å².